The topological polar surface area (TPSA) is 128 Å². The number of aromatic nitrogens is 4. The van der Waals surface area contributed by atoms with Crippen molar-refractivity contribution in [2.75, 3.05) is 32.9 Å². The zero-order chi connectivity index (χ0) is 26.3. The number of benzene rings is 1. The Kier molecular flexibility index (Phi) is 9.83. The summed E-state index contributed by atoms with van der Waals surface area (Å²) in [6, 6.07) is 9.19. The molecule has 12 heteroatoms. The maximum atomic E-state index is 13.2. The summed E-state index contributed by atoms with van der Waals surface area (Å²) in [5.74, 6) is 0.284. The smallest absolute Gasteiger partial charge is 0.326 e. The van der Waals surface area contributed by atoms with Gasteiger partial charge in [0.15, 0.2) is 5.21 Å². The van der Waals surface area contributed by atoms with Gasteiger partial charge in [0.25, 0.3) is 0 Å². The lowest BCUT2D eigenvalue weighted by molar-refractivity contribution is -0.748. The fourth-order valence-corrected chi connectivity index (χ4v) is 4.58. The molecule has 198 valence electrons. The van der Waals surface area contributed by atoms with Gasteiger partial charge >= 0.3 is 5.82 Å². The molecule has 1 aliphatic rings. The van der Waals surface area contributed by atoms with Gasteiger partial charge in [0.2, 0.25) is 11.8 Å². The number of ether oxygens (including phenoxy) is 2. The van der Waals surface area contributed by atoms with Crippen molar-refractivity contribution in [2.24, 2.45) is 18.7 Å². The largest absolute Gasteiger partial charge is 0.378 e. The predicted molar refractivity (Wildman–Crippen MR) is 135 cm³/mol. The summed E-state index contributed by atoms with van der Waals surface area (Å²) < 4.78 is 14.6. The van der Waals surface area contributed by atoms with Gasteiger partial charge in [-0.2, -0.15) is 4.68 Å². The molecule has 0 saturated carbocycles. The number of nitrogens with one attached hydrogen (secondary N) is 1. The van der Waals surface area contributed by atoms with Crippen molar-refractivity contribution in [3.05, 3.63) is 41.7 Å². The molecule has 2 aromatic rings. The van der Waals surface area contributed by atoms with Crippen LogP contribution in [0.5, 0.6) is 0 Å². The molecule has 3 N–H and O–H groups in total. The minimum Gasteiger partial charge on any atom is -0.378 e. The van der Waals surface area contributed by atoms with Gasteiger partial charge in [-0.1, -0.05) is 44.2 Å². The Hall–Kier alpha value is -2.54. The number of nitrogens with zero attached hydrogens (tertiary/aromatic N) is 5. The number of carbonyl (C=O) groups is 2. The number of morpholine rings is 1. The number of nitrogens with two attached hydrogens (primary N) is 1. The molecule has 0 spiro atoms. The van der Waals surface area contributed by atoms with Crippen molar-refractivity contribution >= 4 is 23.8 Å². The molecule has 36 heavy (non-hydrogen) atoms. The van der Waals surface area contributed by atoms with E-state index in [9.17, 15) is 9.59 Å². The van der Waals surface area contributed by atoms with E-state index in [1.165, 1.54) is 11.9 Å². The van der Waals surface area contributed by atoms with Gasteiger partial charge in [-0.15, -0.1) is 0 Å². The fraction of sp³-hybridized carbons (Fsp3) is 0.625. The number of hydrogen-bond acceptors (Lipinski definition) is 8. The molecule has 0 bridgehead atoms. The van der Waals surface area contributed by atoms with E-state index < -0.39 is 11.6 Å². The van der Waals surface area contributed by atoms with Gasteiger partial charge in [0, 0.05) is 29.2 Å². The van der Waals surface area contributed by atoms with Crippen LogP contribution >= 0.6 is 11.9 Å². The van der Waals surface area contributed by atoms with Crippen LogP contribution in [-0.4, -0.2) is 74.9 Å². The lowest BCUT2D eigenvalue weighted by Gasteiger charge is -2.30. The van der Waals surface area contributed by atoms with E-state index in [4.69, 9.17) is 15.2 Å². The van der Waals surface area contributed by atoms with Crippen LogP contribution in [-0.2, 0) is 32.7 Å². The maximum absolute atomic E-state index is 13.2. The van der Waals surface area contributed by atoms with E-state index >= 15 is 0 Å². The summed E-state index contributed by atoms with van der Waals surface area (Å²) in [6.07, 6.45) is 0. The van der Waals surface area contributed by atoms with Crippen LogP contribution in [0, 0.1) is 5.92 Å². The highest BCUT2D eigenvalue weighted by Crippen LogP contribution is 2.23. The van der Waals surface area contributed by atoms with E-state index in [1.807, 2.05) is 49.1 Å². The summed E-state index contributed by atoms with van der Waals surface area (Å²) in [4.78, 5) is 27.8. The molecular weight excluding hydrogens is 482 g/mol. The minimum absolute atomic E-state index is 0.0521. The Bertz CT molecular complexity index is 1000. The predicted octanol–water partition coefficient (Wildman–Crippen LogP) is 0.594. The standard InChI is InChI=1S/C24H37N7O4S/c1-17(2)20(22(32)30-11-13-34-14-12-30)36-31-28-27-21(29(31)5)19(26-23(33)24(3,4)25)16-35-15-18-9-7-6-8-10-18/h6-10,17,19-20H,11-16,25H2,1-5H3/p+1/t19-,20?/m1/s1. The average Bonchev–Trinajstić information content (AvgIpc) is 3.21. The first-order valence-corrected chi connectivity index (χ1v) is 13.0. The average molecular weight is 521 g/mol. The lowest BCUT2D eigenvalue weighted by atomic mass is 10.1. The van der Waals surface area contributed by atoms with Crippen LogP contribution in [0.4, 0.5) is 0 Å². The molecule has 11 nitrogen and oxygen atoms in total. The number of amides is 2. The number of tetrazole rings is 1. The molecule has 0 aliphatic carbocycles. The quantitative estimate of drug-likeness (QED) is 0.412. The third kappa shape index (κ3) is 7.48. The molecule has 1 fully saturated rings. The Morgan fingerprint density at radius 3 is 2.53 bits per heavy atom. The van der Waals surface area contributed by atoms with Crippen molar-refractivity contribution in [3.8, 4) is 0 Å². The molecule has 1 aliphatic heterocycles. The van der Waals surface area contributed by atoms with Gasteiger partial charge in [0.05, 0.1) is 39.0 Å². The van der Waals surface area contributed by atoms with Crippen LogP contribution in [0.25, 0.3) is 0 Å². The molecule has 2 atom stereocenters. The van der Waals surface area contributed by atoms with Crippen molar-refractivity contribution < 1.29 is 23.7 Å². The van der Waals surface area contributed by atoms with Crippen molar-refractivity contribution in [1.29, 1.82) is 0 Å². The van der Waals surface area contributed by atoms with Crippen molar-refractivity contribution in [2.45, 2.75) is 51.1 Å². The van der Waals surface area contributed by atoms with E-state index in [-0.39, 0.29) is 29.6 Å². The van der Waals surface area contributed by atoms with Gasteiger partial charge < -0.3 is 25.4 Å². The number of rotatable bonds is 11. The van der Waals surface area contributed by atoms with Crippen LogP contribution in [0.1, 0.15) is 45.1 Å². The normalized spacial score (nSPS) is 16.1. The molecule has 1 unspecified atom stereocenters. The second kappa shape index (κ2) is 12.6. The van der Waals surface area contributed by atoms with Crippen LogP contribution in [0.15, 0.2) is 30.3 Å². The molecular formula is C24H38N7O4S+. The Morgan fingerprint density at radius 1 is 1.25 bits per heavy atom. The first-order chi connectivity index (χ1) is 17.1. The highest BCUT2D eigenvalue weighted by Gasteiger charge is 2.36. The van der Waals surface area contributed by atoms with E-state index in [2.05, 4.69) is 15.6 Å². The number of hydrogen-bond donors (Lipinski definition) is 2. The van der Waals surface area contributed by atoms with Crippen LogP contribution in [0.3, 0.4) is 0 Å². The highest BCUT2D eigenvalue weighted by molar-refractivity contribution is 7.98. The van der Waals surface area contributed by atoms with Gasteiger partial charge in [0.1, 0.15) is 16.4 Å². The molecule has 3 rings (SSSR count). The van der Waals surface area contributed by atoms with E-state index in [0.29, 0.717) is 38.7 Å². The minimum atomic E-state index is -1.08. The van der Waals surface area contributed by atoms with Gasteiger partial charge in [-0.05, 0) is 25.3 Å². The third-order valence-corrected chi connectivity index (χ3v) is 7.27. The summed E-state index contributed by atoms with van der Waals surface area (Å²) in [7, 11) is 1.79. The van der Waals surface area contributed by atoms with E-state index in [0.717, 1.165) is 5.56 Å². The Labute approximate surface area is 216 Å². The van der Waals surface area contributed by atoms with Crippen LogP contribution < -0.4 is 15.7 Å². The monoisotopic (exact) mass is 520 g/mol. The Balaban J connectivity index is 1.77. The fourth-order valence-electron chi connectivity index (χ4n) is 3.59. The van der Waals surface area contributed by atoms with Crippen LogP contribution in [0.2, 0.25) is 0 Å². The number of carbonyl (C=O) groups excluding carboxylic acids is 2. The molecule has 1 aromatic heterocycles. The summed E-state index contributed by atoms with van der Waals surface area (Å²) >= 11 is 1.30. The lowest BCUT2D eigenvalue weighted by Crippen LogP contribution is -2.53. The van der Waals surface area contributed by atoms with Gasteiger partial charge in [-0.25, -0.2) is 0 Å². The highest BCUT2D eigenvalue weighted by atomic mass is 32.2. The van der Waals surface area contributed by atoms with Crippen molar-refractivity contribution in [3.63, 3.8) is 0 Å². The van der Waals surface area contributed by atoms with Gasteiger partial charge in [-0.3, -0.25) is 9.59 Å². The molecule has 0 radical (unpaired) electrons. The third-order valence-electron chi connectivity index (χ3n) is 5.79. The zero-order valence-corrected chi connectivity index (χ0v) is 22.5. The zero-order valence-electron chi connectivity index (χ0n) is 21.7. The van der Waals surface area contributed by atoms with Crippen molar-refractivity contribution in [1.82, 2.24) is 24.7 Å². The SMILES string of the molecule is CC(C)C(Sn1nnc([C@@H](COCc2ccccc2)NC(=O)C(C)(C)N)[n+]1C)C(=O)N1CCOCC1. The van der Waals surface area contributed by atoms with E-state index in [1.54, 1.807) is 29.8 Å². The summed E-state index contributed by atoms with van der Waals surface area (Å²) in [5, 5.41) is 11.2. The molecule has 2 heterocycles. The molecule has 1 saturated heterocycles. The Morgan fingerprint density at radius 2 is 1.92 bits per heavy atom. The maximum Gasteiger partial charge on any atom is 0.326 e. The summed E-state index contributed by atoms with van der Waals surface area (Å²) in [5.41, 5.74) is 5.96. The first-order valence-electron chi connectivity index (χ1n) is 12.1. The molecule has 1 aromatic carbocycles. The first kappa shape index (κ1) is 28.0. The second-order valence-electron chi connectivity index (χ2n) is 9.78. The molecule has 2 amide bonds. The summed E-state index contributed by atoms with van der Waals surface area (Å²) in [6.45, 7) is 10.1. The second-order valence-corrected chi connectivity index (χ2v) is 10.8.